The van der Waals surface area contributed by atoms with Crippen LogP contribution in [0.3, 0.4) is 0 Å². The monoisotopic (exact) mass is 206 g/mol. The lowest BCUT2D eigenvalue weighted by Gasteiger charge is -2.45. The molecule has 0 N–H and O–H groups in total. The van der Waals surface area contributed by atoms with Crippen LogP contribution in [0.1, 0.15) is 53.4 Å². The molecule has 1 heterocycles. The van der Waals surface area contributed by atoms with Crippen LogP contribution in [0.4, 0.5) is 0 Å². The van der Waals surface area contributed by atoms with Gasteiger partial charge in [-0.2, -0.15) is 0 Å². The fourth-order valence-corrected chi connectivity index (χ4v) is 3.48. The van der Waals surface area contributed by atoms with E-state index in [4.69, 9.17) is 4.74 Å². The van der Waals surface area contributed by atoms with Crippen molar-refractivity contribution in [3.05, 3.63) is 11.1 Å². The van der Waals surface area contributed by atoms with Gasteiger partial charge in [-0.05, 0) is 36.5 Å². The van der Waals surface area contributed by atoms with E-state index in [1.165, 1.54) is 25.7 Å². The van der Waals surface area contributed by atoms with Crippen molar-refractivity contribution in [1.29, 1.82) is 0 Å². The molecule has 0 saturated carbocycles. The molecular formula is C14H22O. The van der Waals surface area contributed by atoms with Crippen molar-refractivity contribution in [3.8, 4) is 0 Å². The largest absolute Gasteiger partial charge is 0.369 e. The Hall–Kier alpha value is -0.300. The Morgan fingerprint density at radius 3 is 1.67 bits per heavy atom. The third kappa shape index (κ3) is 1.39. The van der Waals surface area contributed by atoms with Crippen molar-refractivity contribution in [1.82, 2.24) is 0 Å². The first-order valence-corrected chi connectivity index (χ1v) is 6.29. The second-order valence-corrected chi connectivity index (χ2v) is 6.85. The summed E-state index contributed by atoms with van der Waals surface area (Å²) in [7, 11) is 0. The summed E-state index contributed by atoms with van der Waals surface area (Å²) in [5.74, 6) is 0. The summed E-state index contributed by atoms with van der Waals surface area (Å²) in [6.07, 6.45) is 6.29. The van der Waals surface area contributed by atoms with E-state index in [-0.39, 0.29) is 0 Å². The lowest BCUT2D eigenvalue weighted by molar-refractivity contribution is 0.242. The molecule has 1 aliphatic heterocycles. The Morgan fingerprint density at radius 1 is 0.867 bits per heavy atom. The maximum absolute atomic E-state index is 5.71. The number of ether oxygens (including phenoxy) is 1. The fourth-order valence-electron chi connectivity index (χ4n) is 3.48. The minimum atomic E-state index is 0.432. The maximum Gasteiger partial charge on any atom is 0.0882 e. The summed E-state index contributed by atoms with van der Waals surface area (Å²) in [6.45, 7) is 9.67. The first-order valence-electron chi connectivity index (χ1n) is 6.29. The summed E-state index contributed by atoms with van der Waals surface area (Å²) in [5, 5.41) is 0. The van der Waals surface area contributed by atoms with Gasteiger partial charge in [-0.25, -0.2) is 0 Å². The van der Waals surface area contributed by atoms with Gasteiger partial charge >= 0.3 is 0 Å². The van der Waals surface area contributed by atoms with Gasteiger partial charge in [0.2, 0.25) is 0 Å². The summed E-state index contributed by atoms with van der Waals surface area (Å²) < 4.78 is 5.71. The lowest BCUT2D eigenvalue weighted by Crippen LogP contribution is -2.34. The summed E-state index contributed by atoms with van der Waals surface area (Å²) in [6, 6.07) is 0. The van der Waals surface area contributed by atoms with Gasteiger partial charge < -0.3 is 4.74 Å². The van der Waals surface area contributed by atoms with E-state index in [9.17, 15) is 0 Å². The highest BCUT2D eigenvalue weighted by Gasteiger charge is 2.50. The van der Waals surface area contributed by atoms with Crippen LogP contribution in [0.2, 0.25) is 0 Å². The molecule has 2 unspecified atom stereocenters. The third-order valence-electron chi connectivity index (χ3n) is 4.87. The van der Waals surface area contributed by atoms with E-state index in [1.807, 2.05) is 0 Å². The Balaban J connectivity index is 2.05. The van der Waals surface area contributed by atoms with E-state index >= 15 is 0 Å². The first-order chi connectivity index (χ1) is 6.90. The van der Waals surface area contributed by atoms with Crippen LogP contribution >= 0.6 is 0 Å². The third-order valence-corrected chi connectivity index (χ3v) is 4.87. The normalized spacial score (nSPS) is 40.8. The van der Waals surface area contributed by atoms with Crippen LogP contribution in [-0.2, 0) is 4.74 Å². The molecule has 0 aromatic heterocycles. The topological polar surface area (TPSA) is 12.5 Å². The van der Waals surface area contributed by atoms with Crippen molar-refractivity contribution in [3.63, 3.8) is 0 Å². The first kappa shape index (κ1) is 9.89. The summed E-state index contributed by atoms with van der Waals surface area (Å²) >= 11 is 0. The van der Waals surface area contributed by atoms with Crippen molar-refractivity contribution >= 4 is 0 Å². The number of hydrogen-bond donors (Lipinski definition) is 0. The van der Waals surface area contributed by atoms with Crippen molar-refractivity contribution in [2.75, 3.05) is 0 Å². The second-order valence-electron chi connectivity index (χ2n) is 6.85. The van der Waals surface area contributed by atoms with Crippen LogP contribution in [0.5, 0.6) is 0 Å². The zero-order chi connectivity index (χ0) is 10.8. The Kier molecular flexibility index (Phi) is 1.77. The summed E-state index contributed by atoms with van der Waals surface area (Å²) in [4.78, 5) is 0. The van der Waals surface area contributed by atoms with Gasteiger partial charge in [0.25, 0.3) is 0 Å². The van der Waals surface area contributed by atoms with E-state index in [0.29, 0.717) is 23.0 Å². The minimum absolute atomic E-state index is 0.432. The molecule has 0 aromatic carbocycles. The molecule has 0 radical (unpaired) electrons. The predicted molar refractivity (Wildman–Crippen MR) is 61.7 cm³/mol. The van der Waals surface area contributed by atoms with Crippen LogP contribution in [0, 0.1) is 10.8 Å². The SMILES string of the molecule is CC1(C)CCC(C)(C)C2=C1CC1OC1C2. The van der Waals surface area contributed by atoms with E-state index in [1.54, 1.807) is 11.1 Å². The highest BCUT2D eigenvalue weighted by Crippen LogP contribution is 2.57. The number of epoxide rings is 1. The Bertz CT molecular complexity index is 303. The molecule has 1 saturated heterocycles. The van der Waals surface area contributed by atoms with Crippen molar-refractivity contribution in [2.24, 2.45) is 10.8 Å². The average Bonchev–Trinajstić information content (AvgIpc) is 2.89. The molecule has 84 valence electrons. The predicted octanol–water partition coefficient (Wildman–Crippen LogP) is 3.69. The maximum atomic E-state index is 5.71. The zero-order valence-corrected chi connectivity index (χ0v) is 10.4. The summed E-state index contributed by atoms with van der Waals surface area (Å²) in [5.41, 5.74) is 4.33. The quantitative estimate of drug-likeness (QED) is 0.435. The molecule has 3 aliphatic rings. The van der Waals surface area contributed by atoms with Gasteiger partial charge in [0.1, 0.15) is 0 Å². The molecule has 3 rings (SSSR count). The standard InChI is InChI=1S/C14H22O/c1-13(2)5-6-14(3,4)10-8-12-11(15-12)7-9(10)13/h11-12H,5-8H2,1-4H3. The van der Waals surface area contributed by atoms with Gasteiger partial charge in [0.15, 0.2) is 0 Å². The molecule has 0 bridgehead atoms. The lowest BCUT2D eigenvalue weighted by atomic mass is 9.59. The van der Waals surface area contributed by atoms with E-state index in [2.05, 4.69) is 27.7 Å². The number of rotatable bonds is 0. The van der Waals surface area contributed by atoms with Gasteiger partial charge in [-0.15, -0.1) is 0 Å². The smallest absolute Gasteiger partial charge is 0.0882 e. The Labute approximate surface area is 92.9 Å². The molecule has 2 atom stereocenters. The highest BCUT2D eigenvalue weighted by atomic mass is 16.6. The van der Waals surface area contributed by atoms with E-state index < -0.39 is 0 Å². The molecular weight excluding hydrogens is 184 g/mol. The molecule has 2 aliphatic carbocycles. The fraction of sp³-hybridized carbons (Fsp3) is 0.857. The molecule has 1 nitrogen and oxygen atoms in total. The second kappa shape index (κ2) is 2.68. The van der Waals surface area contributed by atoms with Crippen LogP contribution in [0.15, 0.2) is 11.1 Å². The molecule has 0 spiro atoms. The van der Waals surface area contributed by atoms with Crippen LogP contribution < -0.4 is 0 Å². The number of hydrogen-bond acceptors (Lipinski definition) is 1. The van der Waals surface area contributed by atoms with Gasteiger partial charge in [-0.1, -0.05) is 38.8 Å². The minimum Gasteiger partial charge on any atom is -0.369 e. The molecule has 1 fully saturated rings. The van der Waals surface area contributed by atoms with Gasteiger partial charge in [-0.3, -0.25) is 0 Å². The van der Waals surface area contributed by atoms with Crippen molar-refractivity contribution in [2.45, 2.75) is 65.6 Å². The Morgan fingerprint density at radius 2 is 1.27 bits per heavy atom. The zero-order valence-electron chi connectivity index (χ0n) is 10.4. The average molecular weight is 206 g/mol. The van der Waals surface area contributed by atoms with Gasteiger partial charge in [0.05, 0.1) is 12.2 Å². The number of fused-ring (bicyclic) bond motifs is 1. The van der Waals surface area contributed by atoms with E-state index in [0.717, 1.165) is 0 Å². The van der Waals surface area contributed by atoms with Crippen LogP contribution in [-0.4, -0.2) is 12.2 Å². The molecule has 0 amide bonds. The van der Waals surface area contributed by atoms with Crippen LogP contribution in [0.25, 0.3) is 0 Å². The molecule has 15 heavy (non-hydrogen) atoms. The van der Waals surface area contributed by atoms with Gasteiger partial charge in [0, 0.05) is 0 Å². The highest BCUT2D eigenvalue weighted by molar-refractivity contribution is 5.34. The van der Waals surface area contributed by atoms with Crippen molar-refractivity contribution < 1.29 is 4.74 Å². The molecule has 1 heteroatoms. The molecule has 0 aromatic rings.